The molecule has 0 aromatic rings. The maximum atomic E-state index is 12.3. The van der Waals surface area contributed by atoms with Crippen molar-refractivity contribution in [2.24, 2.45) is 11.8 Å². The molecule has 0 aliphatic heterocycles. The predicted octanol–water partition coefficient (Wildman–Crippen LogP) is 2.12. The smallest absolute Gasteiger partial charge is 0.407 e. The van der Waals surface area contributed by atoms with E-state index in [4.69, 9.17) is 19.3 Å². The number of nitrogens with one attached hydrogen (secondary N) is 1. The third-order valence-electron chi connectivity index (χ3n) is 3.61. The van der Waals surface area contributed by atoms with E-state index in [1.807, 2.05) is 0 Å². The van der Waals surface area contributed by atoms with E-state index in [0.717, 1.165) is 0 Å². The Balaban J connectivity index is 5.51. The van der Waals surface area contributed by atoms with Crippen LogP contribution < -0.4 is 5.32 Å². The Bertz CT molecular complexity index is 508. The highest BCUT2D eigenvalue weighted by Gasteiger charge is 2.40. The summed E-state index contributed by atoms with van der Waals surface area (Å²) >= 11 is 0. The first-order valence-corrected chi connectivity index (χ1v) is 8.97. The number of aliphatic carboxylic acids is 1. The molecule has 1 amide bonds. The minimum atomic E-state index is -1.29. The van der Waals surface area contributed by atoms with Gasteiger partial charge >= 0.3 is 24.0 Å². The number of hydrogen-bond acceptors (Lipinski definition) is 7. The highest BCUT2D eigenvalue weighted by atomic mass is 16.6. The molecular formula is C18H31NO8. The van der Waals surface area contributed by atoms with E-state index in [1.54, 1.807) is 41.5 Å². The second-order valence-corrected chi connectivity index (χ2v) is 7.03. The summed E-state index contributed by atoms with van der Waals surface area (Å²) in [6.45, 7) is 9.95. The van der Waals surface area contributed by atoms with Crippen LogP contribution in [0, 0.1) is 11.8 Å². The van der Waals surface area contributed by atoms with Gasteiger partial charge in [-0.25, -0.2) is 4.79 Å². The van der Waals surface area contributed by atoms with E-state index in [9.17, 15) is 19.2 Å². The number of hydrogen-bond donors (Lipinski definition) is 2. The van der Waals surface area contributed by atoms with Crippen molar-refractivity contribution < 1.29 is 38.5 Å². The Morgan fingerprint density at radius 2 is 1.48 bits per heavy atom. The van der Waals surface area contributed by atoms with Gasteiger partial charge in [0.2, 0.25) is 0 Å². The number of carboxylic acid groups (broad SMARTS) is 1. The quantitative estimate of drug-likeness (QED) is 0.330. The van der Waals surface area contributed by atoms with Gasteiger partial charge in [0, 0.05) is 18.4 Å². The molecule has 9 heteroatoms. The number of amides is 1. The number of carbonyl (C=O) groups is 4. The molecule has 0 bridgehead atoms. The molecule has 0 saturated carbocycles. The molecule has 0 spiro atoms. The zero-order valence-corrected chi connectivity index (χ0v) is 16.9. The van der Waals surface area contributed by atoms with Crippen LogP contribution in [-0.2, 0) is 28.6 Å². The van der Waals surface area contributed by atoms with Crippen LogP contribution in [0.3, 0.4) is 0 Å². The molecule has 0 radical (unpaired) electrons. The summed E-state index contributed by atoms with van der Waals surface area (Å²) in [4.78, 5) is 47.6. The number of esters is 2. The zero-order chi connectivity index (χ0) is 21.2. The molecule has 156 valence electrons. The highest BCUT2D eigenvalue weighted by Crippen LogP contribution is 2.23. The fraction of sp³-hybridized carbons (Fsp3) is 0.778. The molecule has 0 aromatic heterocycles. The molecule has 2 N–H and O–H groups in total. The van der Waals surface area contributed by atoms with Gasteiger partial charge in [-0.15, -0.1) is 0 Å². The molecule has 0 saturated heterocycles. The van der Waals surface area contributed by atoms with E-state index < -0.39 is 47.5 Å². The van der Waals surface area contributed by atoms with E-state index in [1.165, 1.54) is 0 Å². The number of carboxylic acids is 1. The summed E-state index contributed by atoms with van der Waals surface area (Å²) in [5, 5.41) is 11.5. The Labute approximate surface area is 159 Å². The van der Waals surface area contributed by atoms with E-state index in [0.29, 0.717) is 0 Å². The Morgan fingerprint density at radius 1 is 1.00 bits per heavy atom. The van der Waals surface area contributed by atoms with E-state index in [2.05, 4.69) is 5.32 Å². The summed E-state index contributed by atoms with van der Waals surface area (Å²) in [7, 11) is 0. The zero-order valence-electron chi connectivity index (χ0n) is 16.9. The van der Waals surface area contributed by atoms with Crippen molar-refractivity contribution in [1.82, 2.24) is 5.32 Å². The van der Waals surface area contributed by atoms with Crippen molar-refractivity contribution in [3.63, 3.8) is 0 Å². The summed E-state index contributed by atoms with van der Waals surface area (Å²) in [5.41, 5.74) is -0.758. The lowest BCUT2D eigenvalue weighted by molar-refractivity contribution is -0.164. The minimum absolute atomic E-state index is 0.00501. The molecule has 0 aliphatic rings. The number of ether oxygens (including phenoxy) is 3. The van der Waals surface area contributed by atoms with Gasteiger partial charge in [-0.1, -0.05) is 6.92 Å². The van der Waals surface area contributed by atoms with Gasteiger partial charge in [0.15, 0.2) is 5.92 Å². The molecule has 0 aromatic carbocycles. The molecule has 0 aliphatic carbocycles. The average Bonchev–Trinajstić information content (AvgIpc) is 2.50. The molecule has 2 atom stereocenters. The molecule has 9 nitrogen and oxygen atoms in total. The number of rotatable bonds is 10. The third-order valence-corrected chi connectivity index (χ3v) is 3.61. The lowest BCUT2D eigenvalue weighted by Gasteiger charge is -2.30. The number of carbonyl (C=O) groups excluding carboxylic acids is 3. The van der Waals surface area contributed by atoms with Crippen molar-refractivity contribution in [3.05, 3.63) is 0 Å². The van der Waals surface area contributed by atoms with Crippen molar-refractivity contribution >= 4 is 24.0 Å². The van der Waals surface area contributed by atoms with Crippen LogP contribution in [0.1, 0.15) is 54.4 Å². The monoisotopic (exact) mass is 389 g/mol. The maximum Gasteiger partial charge on any atom is 0.407 e. The first-order valence-electron chi connectivity index (χ1n) is 8.97. The van der Waals surface area contributed by atoms with Crippen LogP contribution in [0.5, 0.6) is 0 Å². The lowest BCUT2D eigenvalue weighted by Crippen LogP contribution is -2.48. The first kappa shape index (κ1) is 24.7. The van der Waals surface area contributed by atoms with Gasteiger partial charge in [-0.05, 0) is 41.0 Å². The molecule has 27 heavy (non-hydrogen) atoms. The lowest BCUT2D eigenvalue weighted by atomic mass is 9.85. The highest BCUT2D eigenvalue weighted by molar-refractivity contribution is 5.95. The van der Waals surface area contributed by atoms with E-state index in [-0.39, 0.29) is 26.1 Å². The minimum Gasteiger partial charge on any atom is -0.481 e. The summed E-state index contributed by atoms with van der Waals surface area (Å²) < 4.78 is 15.1. The van der Waals surface area contributed by atoms with Crippen LogP contribution in [0.25, 0.3) is 0 Å². The van der Waals surface area contributed by atoms with Crippen LogP contribution in [0.15, 0.2) is 0 Å². The Kier molecular flexibility index (Phi) is 10.4. The standard InChI is InChI=1S/C18H31NO8/c1-7-25-15(22)14(16(23)26-8-2)11(3)12(9-10-13(20)21)19-17(24)27-18(4,5)6/h11-12,14H,7-10H2,1-6H3,(H,19,24)(H,20,21). The van der Waals surface area contributed by atoms with Crippen LogP contribution in [0.4, 0.5) is 4.79 Å². The summed E-state index contributed by atoms with van der Waals surface area (Å²) in [6.07, 6.45) is -1.02. The fourth-order valence-electron chi connectivity index (χ4n) is 2.43. The van der Waals surface area contributed by atoms with Gasteiger partial charge in [-0.3, -0.25) is 14.4 Å². The van der Waals surface area contributed by atoms with Gasteiger partial charge in [0.25, 0.3) is 0 Å². The van der Waals surface area contributed by atoms with Crippen LogP contribution >= 0.6 is 0 Å². The summed E-state index contributed by atoms with van der Waals surface area (Å²) in [5.74, 6) is -4.69. The van der Waals surface area contributed by atoms with Gasteiger partial charge in [0.1, 0.15) is 5.60 Å². The van der Waals surface area contributed by atoms with Gasteiger partial charge < -0.3 is 24.6 Å². The van der Waals surface area contributed by atoms with Crippen LogP contribution in [-0.4, -0.2) is 54.0 Å². The third kappa shape index (κ3) is 9.81. The van der Waals surface area contributed by atoms with Gasteiger partial charge in [0.05, 0.1) is 13.2 Å². The van der Waals surface area contributed by atoms with Crippen molar-refractivity contribution in [2.75, 3.05) is 13.2 Å². The van der Waals surface area contributed by atoms with E-state index >= 15 is 0 Å². The average molecular weight is 389 g/mol. The first-order chi connectivity index (χ1) is 12.4. The topological polar surface area (TPSA) is 128 Å². The summed E-state index contributed by atoms with van der Waals surface area (Å²) in [6, 6.07) is -0.810. The molecule has 0 rings (SSSR count). The fourth-order valence-corrected chi connectivity index (χ4v) is 2.43. The predicted molar refractivity (Wildman–Crippen MR) is 95.9 cm³/mol. The van der Waals surface area contributed by atoms with Crippen molar-refractivity contribution in [3.8, 4) is 0 Å². The van der Waals surface area contributed by atoms with Gasteiger partial charge in [-0.2, -0.15) is 0 Å². The molecule has 0 heterocycles. The molecular weight excluding hydrogens is 358 g/mol. The van der Waals surface area contributed by atoms with Crippen molar-refractivity contribution in [1.29, 1.82) is 0 Å². The Hall–Kier alpha value is -2.32. The molecule has 2 unspecified atom stereocenters. The largest absolute Gasteiger partial charge is 0.481 e. The van der Waals surface area contributed by atoms with Crippen molar-refractivity contribution in [2.45, 2.75) is 66.0 Å². The number of alkyl carbamates (subject to hydrolysis) is 1. The second-order valence-electron chi connectivity index (χ2n) is 7.03. The van der Waals surface area contributed by atoms with Crippen LogP contribution in [0.2, 0.25) is 0 Å². The molecule has 0 fully saturated rings. The normalized spacial score (nSPS) is 13.4. The SMILES string of the molecule is CCOC(=O)C(C(=O)OCC)C(C)C(CCC(=O)O)NC(=O)OC(C)(C)C. The second kappa shape index (κ2) is 11.4. The Morgan fingerprint density at radius 3 is 1.85 bits per heavy atom. The maximum absolute atomic E-state index is 12.3.